The van der Waals surface area contributed by atoms with Gasteiger partial charge in [0.05, 0.1) is 0 Å². The van der Waals surface area contributed by atoms with E-state index in [9.17, 15) is 5.11 Å². The number of rotatable bonds is 5. The number of hydrogen-bond acceptors (Lipinski definition) is 5. The summed E-state index contributed by atoms with van der Waals surface area (Å²) in [5.74, 6) is 1.10. The summed E-state index contributed by atoms with van der Waals surface area (Å²) in [6.45, 7) is 0. The highest BCUT2D eigenvalue weighted by molar-refractivity contribution is 5.24. The van der Waals surface area contributed by atoms with E-state index in [1.165, 1.54) is 4.68 Å². The number of tetrazole rings is 1. The molecule has 1 aromatic heterocycles. The summed E-state index contributed by atoms with van der Waals surface area (Å²) in [6, 6.07) is 18.6. The van der Waals surface area contributed by atoms with Gasteiger partial charge in [0, 0.05) is 7.05 Å². The Morgan fingerprint density at radius 3 is 2.23 bits per heavy atom. The first-order valence-electron chi connectivity index (χ1n) is 6.92. The lowest BCUT2D eigenvalue weighted by atomic mass is 10.0. The first-order valence-corrected chi connectivity index (χ1v) is 6.92. The lowest BCUT2D eigenvalue weighted by Crippen LogP contribution is -2.21. The van der Waals surface area contributed by atoms with Crippen LogP contribution in [0.25, 0.3) is 0 Å². The molecule has 0 saturated heterocycles. The number of nitrogens with zero attached hydrogens (tertiary/aromatic N) is 4. The second kappa shape index (κ2) is 6.36. The molecule has 6 nitrogen and oxygen atoms in total. The van der Waals surface area contributed by atoms with Crippen molar-refractivity contribution in [3.63, 3.8) is 0 Å². The number of aryl methyl sites for hydroxylation is 1. The third-order valence-corrected chi connectivity index (χ3v) is 3.34. The van der Waals surface area contributed by atoms with Gasteiger partial charge in [-0.05, 0) is 28.1 Å². The third-order valence-electron chi connectivity index (χ3n) is 3.34. The van der Waals surface area contributed by atoms with Gasteiger partial charge in [-0.2, -0.15) is 0 Å². The van der Waals surface area contributed by atoms with Gasteiger partial charge in [-0.15, -0.1) is 5.10 Å². The van der Waals surface area contributed by atoms with Crippen LogP contribution >= 0.6 is 0 Å². The molecule has 1 heterocycles. The Kier molecular flexibility index (Phi) is 4.11. The van der Waals surface area contributed by atoms with Gasteiger partial charge in [-0.25, -0.2) is 4.68 Å². The summed E-state index contributed by atoms with van der Waals surface area (Å²) in [6.07, 6.45) is -1.59. The Morgan fingerprint density at radius 1 is 1.00 bits per heavy atom. The molecule has 2 aromatic carbocycles. The van der Waals surface area contributed by atoms with E-state index >= 15 is 0 Å². The van der Waals surface area contributed by atoms with Gasteiger partial charge in [0.2, 0.25) is 0 Å². The number of ether oxygens (including phenoxy) is 1. The van der Waals surface area contributed by atoms with E-state index in [1.807, 2.05) is 60.7 Å². The molecule has 0 aliphatic heterocycles. The van der Waals surface area contributed by atoms with Gasteiger partial charge in [0.25, 0.3) is 0 Å². The fraction of sp³-hybridized carbons (Fsp3) is 0.188. The van der Waals surface area contributed by atoms with Crippen LogP contribution in [0.2, 0.25) is 0 Å². The predicted octanol–water partition coefficient (Wildman–Crippen LogP) is 2.06. The molecule has 0 radical (unpaired) electrons. The molecular weight excluding hydrogens is 280 g/mol. The van der Waals surface area contributed by atoms with Crippen LogP contribution in [0, 0.1) is 0 Å². The number of aliphatic hydroxyl groups excluding tert-OH is 1. The van der Waals surface area contributed by atoms with Crippen LogP contribution in [-0.4, -0.2) is 25.3 Å². The first-order chi connectivity index (χ1) is 10.8. The molecule has 0 fully saturated rings. The SMILES string of the molecule is Cn1nnnc1C(Oc1ccccc1)C(O)c1ccccc1. The van der Waals surface area contributed by atoms with Crippen LogP contribution in [0.15, 0.2) is 60.7 Å². The monoisotopic (exact) mass is 296 g/mol. The molecule has 0 amide bonds. The second-order valence-corrected chi connectivity index (χ2v) is 4.87. The molecule has 22 heavy (non-hydrogen) atoms. The molecule has 1 N–H and O–H groups in total. The molecule has 0 aliphatic carbocycles. The zero-order valence-electron chi connectivity index (χ0n) is 12.1. The van der Waals surface area contributed by atoms with Crippen molar-refractivity contribution < 1.29 is 9.84 Å². The molecule has 2 atom stereocenters. The largest absolute Gasteiger partial charge is 0.479 e. The standard InChI is InChI=1S/C16H16N4O2/c1-20-16(17-18-19-20)15(22-13-10-6-3-7-11-13)14(21)12-8-4-2-5-9-12/h2-11,14-15,21H,1H3. The summed E-state index contributed by atoms with van der Waals surface area (Å²) in [4.78, 5) is 0. The fourth-order valence-electron chi connectivity index (χ4n) is 2.21. The molecule has 0 aliphatic rings. The van der Waals surface area contributed by atoms with Gasteiger partial charge in [-0.1, -0.05) is 48.5 Å². The highest BCUT2D eigenvalue weighted by atomic mass is 16.5. The summed E-state index contributed by atoms with van der Waals surface area (Å²) in [5, 5.41) is 22.1. The highest BCUT2D eigenvalue weighted by Gasteiger charge is 2.29. The van der Waals surface area contributed by atoms with Gasteiger partial charge in [0.15, 0.2) is 11.9 Å². The minimum absolute atomic E-state index is 0.459. The average Bonchev–Trinajstić information content (AvgIpc) is 3.00. The van der Waals surface area contributed by atoms with Gasteiger partial charge < -0.3 is 9.84 Å². The number of para-hydroxylation sites is 1. The van der Waals surface area contributed by atoms with Crippen LogP contribution in [0.3, 0.4) is 0 Å². The van der Waals surface area contributed by atoms with E-state index in [2.05, 4.69) is 15.5 Å². The summed E-state index contributed by atoms with van der Waals surface area (Å²) >= 11 is 0. The van der Waals surface area contributed by atoms with Crippen molar-refractivity contribution >= 4 is 0 Å². The maximum absolute atomic E-state index is 10.7. The third kappa shape index (κ3) is 2.96. The lowest BCUT2D eigenvalue weighted by Gasteiger charge is -2.23. The molecule has 2 unspecified atom stereocenters. The topological polar surface area (TPSA) is 73.1 Å². The van der Waals surface area contributed by atoms with E-state index in [0.717, 1.165) is 5.56 Å². The van der Waals surface area contributed by atoms with Crippen molar-refractivity contribution in [1.82, 2.24) is 20.2 Å². The Hall–Kier alpha value is -2.73. The van der Waals surface area contributed by atoms with E-state index in [4.69, 9.17) is 4.74 Å². The van der Waals surface area contributed by atoms with Crippen molar-refractivity contribution in [3.05, 3.63) is 72.1 Å². The predicted molar refractivity (Wildman–Crippen MR) is 80.0 cm³/mol. The van der Waals surface area contributed by atoms with Gasteiger partial charge >= 0.3 is 0 Å². The van der Waals surface area contributed by atoms with Crippen molar-refractivity contribution in [1.29, 1.82) is 0 Å². The van der Waals surface area contributed by atoms with Crippen molar-refractivity contribution in [2.24, 2.45) is 7.05 Å². The number of hydrogen-bond donors (Lipinski definition) is 1. The maximum Gasteiger partial charge on any atom is 0.195 e. The Bertz CT molecular complexity index is 715. The van der Waals surface area contributed by atoms with Crippen molar-refractivity contribution in [3.8, 4) is 5.75 Å². The van der Waals surface area contributed by atoms with Crippen LogP contribution in [0.4, 0.5) is 0 Å². The Labute approximate surface area is 128 Å². The van der Waals surface area contributed by atoms with Gasteiger partial charge in [0.1, 0.15) is 11.9 Å². The molecular formula is C16H16N4O2. The Morgan fingerprint density at radius 2 is 1.64 bits per heavy atom. The summed E-state index contributed by atoms with van der Waals surface area (Å²) < 4.78 is 7.44. The minimum atomic E-state index is -0.883. The highest BCUT2D eigenvalue weighted by Crippen LogP contribution is 2.31. The molecule has 3 aromatic rings. The van der Waals surface area contributed by atoms with Gasteiger partial charge in [-0.3, -0.25) is 0 Å². The summed E-state index contributed by atoms with van der Waals surface area (Å²) in [5.41, 5.74) is 0.742. The summed E-state index contributed by atoms with van der Waals surface area (Å²) in [7, 11) is 1.72. The van der Waals surface area contributed by atoms with Crippen LogP contribution in [-0.2, 0) is 7.05 Å². The molecule has 112 valence electrons. The maximum atomic E-state index is 10.7. The fourth-order valence-corrected chi connectivity index (χ4v) is 2.21. The van der Waals surface area contributed by atoms with Crippen LogP contribution in [0.1, 0.15) is 23.6 Å². The lowest BCUT2D eigenvalue weighted by molar-refractivity contribution is 0.0268. The quantitative estimate of drug-likeness (QED) is 0.780. The van der Waals surface area contributed by atoms with Crippen LogP contribution < -0.4 is 4.74 Å². The average molecular weight is 296 g/mol. The first kappa shape index (κ1) is 14.2. The smallest absolute Gasteiger partial charge is 0.195 e. The zero-order chi connectivity index (χ0) is 15.4. The van der Waals surface area contributed by atoms with Crippen molar-refractivity contribution in [2.75, 3.05) is 0 Å². The molecule has 3 rings (SSSR count). The van der Waals surface area contributed by atoms with Crippen LogP contribution in [0.5, 0.6) is 5.75 Å². The number of benzene rings is 2. The van der Waals surface area contributed by atoms with Crippen molar-refractivity contribution in [2.45, 2.75) is 12.2 Å². The molecule has 0 saturated carbocycles. The Balaban J connectivity index is 1.94. The van der Waals surface area contributed by atoms with E-state index < -0.39 is 12.2 Å². The second-order valence-electron chi connectivity index (χ2n) is 4.87. The van der Waals surface area contributed by atoms with E-state index in [1.54, 1.807) is 7.05 Å². The molecule has 6 heteroatoms. The normalized spacial score (nSPS) is 13.5. The molecule has 0 spiro atoms. The van der Waals surface area contributed by atoms with E-state index in [0.29, 0.717) is 11.6 Å². The minimum Gasteiger partial charge on any atom is -0.479 e. The number of aliphatic hydroxyl groups is 1. The zero-order valence-corrected chi connectivity index (χ0v) is 12.1. The molecule has 0 bridgehead atoms. The van der Waals surface area contributed by atoms with E-state index in [-0.39, 0.29) is 0 Å². The number of aromatic nitrogens is 4.